The molecule has 1 amide bonds. The number of nitrogens with zero attached hydrogens (tertiary/aromatic N) is 2. The number of halogens is 3. The highest BCUT2D eigenvalue weighted by molar-refractivity contribution is 14.1. The van der Waals surface area contributed by atoms with Crippen molar-refractivity contribution in [2.24, 2.45) is 5.92 Å². The van der Waals surface area contributed by atoms with E-state index in [1.807, 2.05) is 36.4 Å². The van der Waals surface area contributed by atoms with E-state index in [0.29, 0.717) is 32.9 Å². The second-order valence-electron chi connectivity index (χ2n) is 5.20. The van der Waals surface area contributed by atoms with Gasteiger partial charge in [-0.05, 0) is 34.6 Å². The first kappa shape index (κ1) is 16.5. The summed E-state index contributed by atoms with van der Waals surface area (Å²) in [6, 6.07) is 3.06. The third-order valence-electron chi connectivity index (χ3n) is 3.00. The molecule has 0 unspecified atom stereocenters. The Hall–Kier alpha value is -0.890. The van der Waals surface area contributed by atoms with E-state index < -0.39 is 0 Å². The van der Waals surface area contributed by atoms with Crippen molar-refractivity contribution in [2.75, 3.05) is 6.54 Å². The maximum absolute atomic E-state index is 13.8. The number of hydrogen-bond acceptors (Lipinski definition) is 2. The number of benzene rings is 1. The number of nitrogens with one attached hydrogen (secondary N) is 1. The molecule has 21 heavy (non-hydrogen) atoms. The maximum Gasteiger partial charge on any atom is 0.240 e. The smallest absolute Gasteiger partial charge is 0.240 e. The molecule has 7 heteroatoms. The minimum atomic E-state index is -0.326. The molecule has 1 N–H and O–H groups in total. The van der Waals surface area contributed by atoms with Gasteiger partial charge in [0.2, 0.25) is 5.91 Å². The lowest BCUT2D eigenvalue weighted by Crippen LogP contribution is -2.31. The first-order valence-corrected chi connectivity index (χ1v) is 8.20. The van der Waals surface area contributed by atoms with Gasteiger partial charge in [-0.15, -0.1) is 11.6 Å². The van der Waals surface area contributed by atoms with Crippen molar-refractivity contribution in [1.82, 2.24) is 14.9 Å². The molecule has 2 rings (SSSR count). The number of hydrogen-bond donors (Lipinski definition) is 1. The Balaban J connectivity index is 2.33. The largest absolute Gasteiger partial charge is 0.354 e. The van der Waals surface area contributed by atoms with Crippen LogP contribution >= 0.6 is 34.2 Å². The van der Waals surface area contributed by atoms with Crippen molar-refractivity contribution in [1.29, 1.82) is 0 Å². The first-order chi connectivity index (χ1) is 9.92. The third kappa shape index (κ3) is 3.85. The SMILES string of the molecule is CC(C)CNC(=O)Cn1c(CCl)nc2cc(I)c(F)cc21. The van der Waals surface area contributed by atoms with E-state index in [-0.39, 0.29) is 24.1 Å². The van der Waals surface area contributed by atoms with Crippen LogP contribution in [0.3, 0.4) is 0 Å². The molecule has 0 aliphatic heterocycles. The van der Waals surface area contributed by atoms with Crippen LogP contribution in [0.25, 0.3) is 11.0 Å². The van der Waals surface area contributed by atoms with Gasteiger partial charge < -0.3 is 9.88 Å². The predicted octanol–water partition coefficient (Wildman–Crippen LogP) is 3.29. The van der Waals surface area contributed by atoms with Crippen molar-refractivity contribution in [2.45, 2.75) is 26.3 Å². The molecule has 1 heterocycles. The minimum absolute atomic E-state index is 0.0886. The summed E-state index contributed by atoms with van der Waals surface area (Å²) in [4.78, 5) is 16.3. The zero-order valence-corrected chi connectivity index (χ0v) is 14.7. The highest BCUT2D eigenvalue weighted by Crippen LogP contribution is 2.22. The number of carbonyl (C=O) groups excluding carboxylic acids is 1. The summed E-state index contributed by atoms with van der Waals surface area (Å²) in [7, 11) is 0. The molecule has 114 valence electrons. The fraction of sp³-hybridized carbons (Fsp3) is 0.429. The first-order valence-electron chi connectivity index (χ1n) is 6.59. The van der Waals surface area contributed by atoms with Crippen LogP contribution in [0.5, 0.6) is 0 Å². The summed E-state index contributed by atoms with van der Waals surface area (Å²) >= 11 is 7.80. The van der Waals surface area contributed by atoms with Crippen LogP contribution in [0.15, 0.2) is 12.1 Å². The molecule has 1 aromatic heterocycles. The molecule has 0 radical (unpaired) electrons. The van der Waals surface area contributed by atoms with Crippen molar-refractivity contribution >= 4 is 51.1 Å². The van der Waals surface area contributed by atoms with E-state index in [2.05, 4.69) is 10.3 Å². The molecule has 4 nitrogen and oxygen atoms in total. The molecule has 0 saturated heterocycles. The van der Waals surface area contributed by atoms with Crippen molar-refractivity contribution < 1.29 is 9.18 Å². The molecular weight excluding hydrogens is 408 g/mol. The van der Waals surface area contributed by atoms with Gasteiger partial charge in [0.1, 0.15) is 18.2 Å². The Morgan fingerprint density at radius 1 is 1.52 bits per heavy atom. The number of rotatable bonds is 5. The summed E-state index contributed by atoms with van der Waals surface area (Å²) in [6.07, 6.45) is 0. The molecular formula is C14H16ClFIN3O. The van der Waals surface area contributed by atoms with Crippen LogP contribution in [-0.2, 0) is 17.2 Å². The Morgan fingerprint density at radius 2 is 2.24 bits per heavy atom. The number of aromatic nitrogens is 2. The molecule has 0 aliphatic rings. The molecule has 2 aromatic rings. The fourth-order valence-corrected chi connectivity index (χ4v) is 2.62. The highest BCUT2D eigenvalue weighted by atomic mass is 127. The molecule has 0 bridgehead atoms. The number of amides is 1. The average molecular weight is 424 g/mol. The zero-order valence-electron chi connectivity index (χ0n) is 11.8. The highest BCUT2D eigenvalue weighted by Gasteiger charge is 2.15. The van der Waals surface area contributed by atoms with Gasteiger partial charge in [0.05, 0.1) is 20.5 Å². The second kappa shape index (κ2) is 6.91. The second-order valence-corrected chi connectivity index (χ2v) is 6.63. The van der Waals surface area contributed by atoms with Crippen LogP contribution in [0, 0.1) is 15.3 Å². The van der Waals surface area contributed by atoms with E-state index >= 15 is 0 Å². The predicted molar refractivity (Wildman–Crippen MR) is 89.8 cm³/mol. The van der Waals surface area contributed by atoms with E-state index in [4.69, 9.17) is 11.6 Å². The zero-order chi connectivity index (χ0) is 15.6. The van der Waals surface area contributed by atoms with Crippen LogP contribution in [0.1, 0.15) is 19.7 Å². The molecule has 0 spiro atoms. The minimum Gasteiger partial charge on any atom is -0.354 e. The topological polar surface area (TPSA) is 46.9 Å². The monoisotopic (exact) mass is 423 g/mol. The maximum atomic E-state index is 13.8. The average Bonchev–Trinajstić information content (AvgIpc) is 2.74. The summed E-state index contributed by atoms with van der Waals surface area (Å²) in [5, 5.41) is 2.84. The Bertz CT molecular complexity index is 672. The Morgan fingerprint density at radius 3 is 2.86 bits per heavy atom. The molecule has 0 saturated carbocycles. The van der Waals surface area contributed by atoms with Gasteiger partial charge in [-0.1, -0.05) is 13.8 Å². The lowest BCUT2D eigenvalue weighted by molar-refractivity contribution is -0.121. The van der Waals surface area contributed by atoms with Crippen LogP contribution in [0.4, 0.5) is 4.39 Å². The third-order valence-corrected chi connectivity index (χ3v) is 4.06. The van der Waals surface area contributed by atoms with E-state index in [1.54, 1.807) is 10.6 Å². The van der Waals surface area contributed by atoms with Gasteiger partial charge in [0.15, 0.2) is 0 Å². The van der Waals surface area contributed by atoms with E-state index in [1.165, 1.54) is 6.07 Å². The number of carbonyl (C=O) groups is 1. The molecule has 0 aliphatic carbocycles. The summed E-state index contributed by atoms with van der Waals surface area (Å²) in [5.74, 6) is 0.652. The van der Waals surface area contributed by atoms with Crippen molar-refractivity contribution in [3.05, 3.63) is 27.3 Å². The van der Waals surface area contributed by atoms with E-state index in [9.17, 15) is 9.18 Å². The quantitative estimate of drug-likeness (QED) is 0.593. The Kier molecular flexibility index (Phi) is 5.43. The normalized spacial score (nSPS) is 11.3. The molecule has 0 fully saturated rings. The summed E-state index contributed by atoms with van der Waals surface area (Å²) in [6.45, 7) is 4.74. The van der Waals surface area contributed by atoms with Crippen LogP contribution in [-0.4, -0.2) is 22.0 Å². The van der Waals surface area contributed by atoms with Crippen molar-refractivity contribution in [3.63, 3.8) is 0 Å². The van der Waals surface area contributed by atoms with Crippen LogP contribution in [0.2, 0.25) is 0 Å². The van der Waals surface area contributed by atoms with Gasteiger partial charge in [0, 0.05) is 12.6 Å². The molecule has 1 aromatic carbocycles. The van der Waals surface area contributed by atoms with Gasteiger partial charge in [-0.25, -0.2) is 9.37 Å². The van der Waals surface area contributed by atoms with Crippen LogP contribution < -0.4 is 5.32 Å². The summed E-state index contributed by atoms with van der Waals surface area (Å²) < 4.78 is 15.9. The van der Waals surface area contributed by atoms with Gasteiger partial charge >= 0.3 is 0 Å². The summed E-state index contributed by atoms with van der Waals surface area (Å²) in [5.41, 5.74) is 1.23. The standard InChI is InChI=1S/C14H16ClFIN3O/c1-8(2)6-18-14(21)7-20-12-3-9(16)10(17)4-11(12)19-13(20)5-15/h3-4,8H,5-7H2,1-2H3,(H,18,21). The number of fused-ring (bicyclic) bond motifs is 1. The van der Waals surface area contributed by atoms with Gasteiger partial charge in [0.25, 0.3) is 0 Å². The fourth-order valence-electron chi connectivity index (χ4n) is 1.97. The van der Waals surface area contributed by atoms with E-state index in [0.717, 1.165) is 0 Å². The molecule has 0 atom stereocenters. The lowest BCUT2D eigenvalue weighted by atomic mass is 10.2. The Labute approximate surface area is 141 Å². The van der Waals surface area contributed by atoms with Gasteiger partial charge in [-0.2, -0.15) is 0 Å². The number of imidazole rings is 1. The lowest BCUT2D eigenvalue weighted by Gasteiger charge is -2.10. The van der Waals surface area contributed by atoms with Gasteiger partial charge in [-0.3, -0.25) is 4.79 Å². The van der Waals surface area contributed by atoms with Crippen molar-refractivity contribution in [3.8, 4) is 0 Å². The number of alkyl halides is 1.